The fraction of sp³-hybridized carbons (Fsp3) is 0.444. The third kappa shape index (κ3) is 5.31. The zero-order valence-corrected chi connectivity index (χ0v) is 8.57. The van der Waals surface area contributed by atoms with Crippen molar-refractivity contribution >= 4 is 12.0 Å². The van der Waals surface area contributed by atoms with Gasteiger partial charge >= 0.3 is 6.09 Å². The first-order chi connectivity index (χ1) is 7.15. The molecule has 0 aliphatic heterocycles. The molecule has 0 heterocycles. The predicted molar refractivity (Wildman–Crippen MR) is 50.5 cm³/mol. The number of carbonyl (C=O) groups is 2. The predicted octanol–water partition coefficient (Wildman–Crippen LogP) is 0.703. The smallest absolute Gasteiger partial charge is 0.414 e. The highest BCUT2D eigenvalue weighted by Gasteiger charge is 2.13. The lowest BCUT2D eigenvalue weighted by molar-refractivity contribution is -0.116. The molecule has 15 heavy (non-hydrogen) atoms. The molecule has 0 fully saturated rings. The molecule has 0 saturated carbocycles. The van der Waals surface area contributed by atoms with Gasteiger partial charge in [0.1, 0.15) is 12.3 Å². The molecule has 6 heteroatoms. The van der Waals surface area contributed by atoms with E-state index in [0.717, 1.165) is 6.26 Å². The van der Waals surface area contributed by atoms with E-state index in [1.807, 2.05) is 5.32 Å². The number of rotatable bonds is 4. The van der Waals surface area contributed by atoms with Gasteiger partial charge in [0, 0.05) is 0 Å². The molecule has 0 aromatic rings. The molecule has 0 aliphatic carbocycles. The van der Waals surface area contributed by atoms with E-state index in [2.05, 4.69) is 4.74 Å². The zero-order valence-electron chi connectivity index (χ0n) is 8.57. The monoisotopic (exact) mass is 212 g/mol. The van der Waals surface area contributed by atoms with Crippen LogP contribution in [0.25, 0.3) is 0 Å². The van der Waals surface area contributed by atoms with Gasteiger partial charge in [-0.3, -0.25) is 10.1 Å². The summed E-state index contributed by atoms with van der Waals surface area (Å²) in [5.41, 5.74) is -0.287. The zero-order chi connectivity index (χ0) is 11.7. The molecular weight excluding hydrogens is 200 g/mol. The molecule has 0 aromatic carbocycles. The van der Waals surface area contributed by atoms with Crippen molar-refractivity contribution in [2.75, 3.05) is 13.2 Å². The molecule has 0 atom stereocenters. The number of imide groups is 1. The van der Waals surface area contributed by atoms with E-state index in [1.54, 1.807) is 19.9 Å². The number of alkyl carbamates (subject to hydrolysis) is 1. The van der Waals surface area contributed by atoms with Crippen molar-refractivity contribution in [1.82, 2.24) is 5.32 Å². The van der Waals surface area contributed by atoms with Crippen LogP contribution in [0.1, 0.15) is 13.8 Å². The fourth-order valence-corrected chi connectivity index (χ4v) is 0.625. The van der Waals surface area contributed by atoms with Crippen LogP contribution < -0.4 is 5.32 Å². The molecule has 0 aliphatic rings. The Morgan fingerprint density at radius 3 is 2.53 bits per heavy atom. The van der Waals surface area contributed by atoms with E-state index < -0.39 is 12.0 Å². The number of nitrogens with zero attached hydrogens (tertiary/aromatic N) is 1. The van der Waals surface area contributed by atoms with E-state index in [4.69, 9.17) is 10.00 Å². The van der Waals surface area contributed by atoms with E-state index in [-0.39, 0.29) is 12.2 Å². The van der Waals surface area contributed by atoms with Crippen molar-refractivity contribution in [2.45, 2.75) is 13.8 Å². The quantitative estimate of drug-likeness (QED) is 0.421. The van der Waals surface area contributed by atoms with Gasteiger partial charge in [-0.05, 0) is 13.8 Å². The summed E-state index contributed by atoms with van der Waals surface area (Å²) in [6.45, 7) is 3.79. The average molecular weight is 212 g/mol. The summed E-state index contributed by atoms with van der Waals surface area (Å²) in [4.78, 5) is 22.0. The van der Waals surface area contributed by atoms with Crippen LogP contribution in [-0.2, 0) is 14.3 Å². The molecule has 0 rings (SSSR count). The number of ether oxygens (including phenoxy) is 2. The molecule has 0 radical (unpaired) electrons. The number of hydrogen-bond acceptors (Lipinski definition) is 5. The second kappa shape index (κ2) is 7.38. The van der Waals surface area contributed by atoms with Crippen molar-refractivity contribution in [2.24, 2.45) is 0 Å². The molecular formula is C9H12N2O4. The van der Waals surface area contributed by atoms with E-state index >= 15 is 0 Å². The van der Waals surface area contributed by atoms with Gasteiger partial charge in [-0.1, -0.05) is 0 Å². The molecule has 0 saturated heterocycles. The van der Waals surface area contributed by atoms with Crippen LogP contribution in [0, 0.1) is 11.3 Å². The van der Waals surface area contributed by atoms with Gasteiger partial charge in [0.15, 0.2) is 5.57 Å². The topological polar surface area (TPSA) is 88.4 Å². The highest BCUT2D eigenvalue weighted by molar-refractivity contribution is 6.04. The number of nitrogens with one attached hydrogen (secondary N) is 1. The first-order valence-corrected chi connectivity index (χ1v) is 4.35. The largest absolute Gasteiger partial charge is 0.500 e. The van der Waals surface area contributed by atoms with Gasteiger partial charge in [0.05, 0.1) is 13.2 Å². The number of hydrogen-bond donors (Lipinski definition) is 1. The second-order valence-corrected chi connectivity index (χ2v) is 2.27. The maximum atomic E-state index is 11.2. The van der Waals surface area contributed by atoms with E-state index in [1.165, 1.54) is 0 Å². The summed E-state index contributed by atoms with van der Waals surface area (Å²) < 4.78 is 9.22. The summed E-state index contributed by atoms with van der Waals surface area (Å²) in [6.07, 6.45) is 0.106. The van der Waals surface area contributed by atoms with Gasteiger partial charge in [-0.25, -0.2) is 4.79 Å². The van der Waals surface area contributed by atoms with Crippen LogP contribution in [0.2, 0.25) is 0 Å². The van der Waals surface area contributed by atoms with Crippen molar-refractivity contribution in [3.8, 4) is 6.07 Å². The molecule has 0 bridgehead atoms. The van der Waals surface area contributed by atoms with E-state index in [0.29, 0.717) is 6.61 Å². The van der Waals surface area contributed by atoms with Crippen LogP contribution in [0.5, 0.6) is 0 Å². The maximum Gasteiger partial charge on any atom is 0.414 e. The summed E-state index contributed by atoms with van der Waals surface area (Å²) in [7, 11) is 0. The first kappa shape index (κ1) is 13.0. The van der Waals surface area contributed by atoms with Gasteiger partial charge in [-0.15, -0.1) is 0 Å². The molecule has 0 aromatic heterocycles. The van der Waals surface area contributed by atoms with Crippen molar-refractivity contribution in [3.63, 3.8) is 0 Å². The van der Waals surface area contributed by atoms with Crippen LogP contribution in [0.15, 0.2) is 11.8 Å². The molecule has 6 nitrogen and oxygen atoms in total. The van der Waals surface area contributed by atoms with Crippen LogP contribution in [0.4, 0.5) is 4.79 Å². The Bertz CT molecular complexity index is 304. The summed E-state index contributed by atoms with van der Waals surface area (Å²) in [6, 6.07) is 1.60. The third-order valence-corrected chi connectivity index (χ3v) is 1.22. The molecule has 82 valence electrons. The molecule has 0 unspecified atom stereocenters. The Morgan fingerprint density at radius 1 is 1.40 bits per heavy atom. The highest BCUT2D eigenvalue weighted by Crippen LogP contribution is 1.93. The highest BCUT2D eigenvalue weighted by atomic mass is 16.5. The number of amides is 2. The number of nitriles is 1. The van der Waals surface area contributed by atoms with E-state index in [9.17, 15) is 9.59 Å². The Balaban J connectivity index is 4.30. The average Bonchev–Trinajstić information content (AvgIpc) is 2.19. The lowest BCUT2D eigenvalue weighted by Crippen LogP contribution is -2.31. The standard InChI is InChI=1S/C9H12N2O4/c1-3-14-6-7(5-10)8(12)11-9(13)15-4-2/h6H,3-4H2,1-2H3,(H,11,12,13)/b7-6+. The van der Waals surface area contributed by atoms with Gasteiger partial charge in [0.2, 0.25) is 0 Å². The van der Waals surface area contributed by atoms with Crippen molar-refractivity contribution in [1.29, 1.82) is 5.26 Å². The summed E-state index contributed by atoms with van der Waals surface area (Å²) in [5, 5.41) is 10.4. The molecule has 2 amide bonds. The van der Waals surface area contributed by atoms with Gasteiger partial charge in [-0.2, -0.15) is 5.26 Å². The number of carbonyl (C=O) groups excluding carboxylic acids is 2. The summed E-state index contributed by atoms with van der Waals surface area (Å²) >= 11 is 0. The summed E-state index contributed by atoms with van der Waals surface area (Å²) in [5.74, 6) is -0.843. The first-order valence-electron chi connectivity index (χ1n) is 4.35. The fourth-order valence-electron chi connectivity index (χ4n) is 0.625. The van der Waals surface area contributed by atoms with Crippen LogP contribution in [-0.4, -0.2) is 25.2 Å². The Morgan fingerprint density at radius 2 is 2.07 bits per heavy atom. The minimum atomic E-state index is -0.889. The van der Waals surface area contributed by atoms with Crippen LogP contribution in [0.3, 0.4) is 0 Å². The second-order valence-electron chi connectivity index (χ2n) is 2.27. The third-order valence-electron chi connectivity index (χ3n) is 1.22. The van der Waals surface area contributed by atoms with Gasteiger partial charge in [0.25, 0.3) is 5.91 Å². The lowest BCUT2D eigenvalue weighted by Gasteiger charge is -2.02. The minimum absolute atomic E-state index is 0.149. The van der Waals surface area contributed by atoms with Gasteiger partial charge < -0.3 is 9.47 Å². The maximum absolute atomic E-state index is 11.2. The Hall–Kier alpha value is -2.03. The molecule has 1 N–H and O–H groups in total. The van der Waals surface area contributed by atoms with Crippen LogP contribution >= 0.6 is 0 Å². The SMILES string of the molecule is CCO/C=C(\C#N)C(=O)NC(=O)OCC. The minimum Gasteiger partial charge on any atom is -0.500 e. The Labute approximate surface area is 87.5 Å². The van der Waals surface area contributed by atoms with Crippen molar-refractivity contribution in [3.05, 3.63) is 11.8 Å². The molecule has 0 spiro atoms. The van der Waals surface area contributed by atoms with Crippen molar-refractivity contribution < 1.29 is 19.1 Å². The Kier molecular flexibility index (Phi) is 6.38. The lowest BCUT2D eigenvalue weighted by atomic mass is 10.3. The normalized spacial score (nSPS) is 10.1.